The number of piperidine rings is 2. The molecule has 0 aliphatic carbocycles. The van der Waals surface area contributed by atoms with Crippen molar-refractivity contribution in [2.75, 3.05) is 31.1 Å². The summed E-state index contributed by atoms with van der Waals surface area (Å²) in [6.07, 6.45) is 3.10. The molecule has 27 heavy (non-hydrogen) atoms. The van der Waals surface area contributed by atoms with E-state index in [4.69, 9.17) is 0 Å². The number of nitro benzene ring substituents is 1. The van der Waals surface area contributed by atoms with Crippen LogP contribution in [0.2, 0.25) is 0 Å². The predicted octanol–water partition coefficient (Wildman–Crippen LogP) is 2.98. The Morgan fingerprint density at radius 2 is 2.00 bits per heavy atom. The minimum atomic E-state index is -0.377. The number of benzene rings is 1. The summed E-state index contributed by atoms with van der Waals surface area (Å²) >= 11 is 0. The Morgan fingerprint density at radius 3 is 2.59 bits per heavy atom. The molecular weight excluding hydrogens is 368 g/mol. The summed E-state index contributed by atoms with van der Waals surface area (Å²) < 4.78 is 0. The lowest BCUT2D eigenvalue weighted by molar-refractivity contribution is -0.384. The lowest BCUT2D eigenvalue weighted by Gasteiger charge is -2.36. The maximum atomic E-state index is 12.5. The second-order valence-electron chi connectivity index (χ2n) is 7.83. The van der Waals surface area contributed by atoms with Gasteiger partial charge >= 0.3 is 0 Å². The van der Waals surface area contributed by atoms with Gasteiger partial charge in [0.2, 0.25) is 0 Å². The van der Waals surface area contributed by atoms with Crippen molar-refractivity contribution in [3.8, 4) is 0 Å². The molecular formula is C19H29ClN4O3. The number of nitrogens with zero attached hydrogens (tertiary/aromatic N) is 2. The number of halogens is 1. The van der Waals surface area contributed by atoms with Gasteiger partial charge in [-0.2, -0.15) is 0 Å². The fraction of sp³-hybridized carbons (Fsp3) is 0.632. The van der Waals surface area contributed by atoms with Gasteiger partial charge < -0.3 is 15.5 Å². The molecule has 0 aromatic heterocycles. The van der Waals surface area contributed by atoms with Gasteiger partial charge in [-0.25, -0.2) is 0 Å². The largest absolute Gasteiger partial charge is 0.365 e. The Morgan fingerprint density at radius 1 is 1.30 bits per heavy atom. The predicted molar refractivity (Wildman–Crippen MR) is 109 cm³/mol. The van der Waals surface area contributed by atoms with Crippen molar-refractivity contribution in [1.82, 2.24) is 10.6 Å². The number of rotatable bonds is 4. The standard InChI is InChI=1S/C19H28N4O3.ClH/c1-13-8-14(2)12-22(11-13)17-6-5-15(9-18(17)23(25)26)19(24)21-16-4-3-7-20-10-16;/h5-6,9,13-14,16,20H,3-4,7-8,10-12H2,1-2H3,(H,21,24);1H/t13?,14?,16-;/m0./s1. The van der Waals surface area contributed by atoms with E-state index < -0.39 is 0 Å². The Kier molecular flexibility index (Phi) is 7.44. The number of anilines is 1. The molecule has 2 aliphatic heterocycles. The van der Waals surface area contributed by atoms with Crippen molar-refractivity contribution in [3.05, 3.63) is 33.9 Å². The quantitative estimate of drug-likeness (QED) is 0.603. The first-order chi connectivity index (χ1) is 12.4. The molecule has 7 nitrogen and oxygen atoms in total. The Bertz CT molecular complexity index is 669. The van der Waals surface area contributed by atoms with E-state index in [-0.39, 0.29) is 35.0 Å². The molecule has 1 amide bonds. The third-order valence-electron chi connectivity index (χ3n) is 5.28. The van der Waals surface area contributed by atoms with Crippen LogP contribution in [0.3, 0.4) is 0 Å². The van der Waals surface area contributed by atoms with Gasteiger partial charge in [0.25, 0.3) is 11.6 Å². The third-order valence-corrected chi connectivity index (χ3v) is 5.28. The monoisotopic (exact) mass is 396 g/mol. The van der Waals surface area contributed by atoms with E-state index >= 15 is 0 Å². The summed E-state index contributed by atoms with van der Waals surface area (Å²) in [5.74, 6) is 0.758. The zero-order valence-electron chi connectivity index (χ0n) is 15.9. The van der Waals surface area contributed by atoms with Crippen LogP contribution in [-0.2, 0) is 0 Å². The van der Waals surface area contributed by atoms with Crippen molar-refractivity contribution in [2.24, 2.45) is 11.8 Å². The Balaban J connectivity index is 0.00000261. The van der Waals surface area contributed by atoms with Crippen molar-refractivity contribution < 1.29 is 9.72 Å². The van der Waals surface area contributed by atoms with Crippen molar-refractivity contribution in [3.63, 3.8) is 0 Å². The highest BCUT2D eigenvalue weighted by Crippen LogP contribution is 2.33. The van der Waals surface area contributed by atoms with E-state index in [1.165, 1.54) is 6.07 Å². The zero-order chi connectivity index (χ0) is 18.7. The number of carbonyl (C=O) groups is 1. The first-order valence-electron chi connectivity index (χ1n) is 9.49. The number of amides is 1. The number of hydrogen-bond donors (Lipinski definition) is 2. The van der Waals surface area contributed by atoms with Gasteiger partial charge in [-0.15, -0.1) is 12.4 Å². The van der Waals surface area contributed by atoms with Gasteiger partial charge in [0.05, 0.1) is 4.92 Å². The second kappa shape index (κ2) is 9.37. The molecule has 2 N–H and O–H groups in total. The van der Waals surface area contributed by atoms with Crippen LogP contribution >= 0.6 is 12.4 Å². The van der Waals surface area contributed by atoms with Crippen LogP contribution in [0.5, 0.6) is 0 Å². The molecule has 1 aromatic rings. The van der Waals surface area contributed by atoms with E-state index in [1.54, 1.807) is 12.1 Å². The van der Waals surface area contributed by atoms with E-state index in [1.807, 2.05) is 0 Å². The second-order valence-corrected chi connectivity index (χ2v) is 7.83. The zero-order valence-corrected chi connectivity index (χ0v) is 16.8. The summed E-state index contributed by atoms with van der Waals surface area (Å²) in [4.78, 5) is 25.8. The highest BCUT2D eigenvalue weighted by Gasteiger charge is 2.28. The van der Waals surface area contributed by atoms with Crippen molar-refractivity contribution >= 4 is 29.7 Å². The lowest BCUT2D eigenvalue weighted by atomic mass is 9.91. The summed E-state index contributed by atoms with van der Waals surface area (Å²) in [5, 5.41) is 17.9. The van der Waals surface area contributed by atoms with Crippen LogP contribution in [0, 0.1) is 22.0 Å². The van der Waals surface area contributed by atoms with Crippen molar-refractivity contribution in [1.29, 1.82) is 0 Å². The van der Waals surface area contributed by atoms with Gasteiger partial charge in [0, 0.05) is 37.3 Å². The molecule has 0 radical (unpaired) electrons. The lowest BCUT2D eigenvalue weighted by Crippen LogP contribution is -2.45. The van der Waals surface area contributed by atoms with Gasteiger partial charge in [-0.1, -0.05) is 13.8 Å². The molecule has 1 aromatic carbocycles. The molecule has 150 valence electrons. The summed E-state index contributed by atoms with van der Waals surface area (Å²) in [6, 6.07) is 4.94. The highest BCUT2D eigenvalue weighted by atomic mass is 35.5. The van der Waals surface area contributed by atoms with Gasteiger partial charge in [0.15, 0.2) is 0 Å². The highest BCUT2D eigenvalue weighted by molar-refractivity contribution is 5.96. The third kappa shape index (κ3) is 5.32. The number of hydrogen-bond acceptors (Lipinski definition) is 5. The van der Waals surface area contributed by atoms with Gasteiger partial charge in [0.1, 0.15) is 5.69 Å². The molecule has 8 heteroatoms. The molecule has 0 saturated carbocycles. The van der Waals surface area contributed by atoms with E-state index in [2.05, 4.69) is 29.4 Å². The number of carbonyl (C=O) groups excluding carboxylic acids is 1. The molecule has 2 unspecified atom stereocenters. The topological polar surface area (TPSA) is 87.5 Å². The Hall–Kier alpha value is -1.86. The number of nitro groups is 1. The molecule has 3 atom stereocenters. The summed E-state index contributed by atoms with van der Waals surface area (Å²) in [6.45, 7) is 7.69. The number of nitrogens with one attached hydrogen (secondary N) is 2. The molecule has 2 saturated heterocycles. The van der Waals surface area contributed by atoms with Gasteiger partial charge in [-0.05, 0) is 49.8 Å². The SMILES string of the molecule is CC1CC(C)CN(c2ccc(C(=O)N[C@H]3CCCNC3)cc2[N+](=O)[O-])C1.Cl. The van der Waals surface area contributed by atoms with Crippen LogP contribution in [-0.4, -0.2) is 43.1 Å². The van der Waals surface area contributed by atoms with E-state index in [9.17, 15) is 14.9 Å². The fourth-order valence-electron chi connectivity index (χ4n) is 4.18. The summed E-state index contributed by atoms with van der Waals surface area (Å²) in [7, 11) is 0. The maximum Gasteiger partial charge on any atom is 0.293 e. The fourth-order valence-corrected chi connectivity index (χ4v) is 4.18. The van der Waals surface area contributed by atoms with Gasteiger partial charge in [-0.3, -0.25) is 14.9 Å². The molecule has 3 rings (SSSR count). The molecule has 2 aliphatic rings. The summed E-state index contributed by atoms with van der Waals surface area (Å²) in [5.41, 5.74) is 0.981. The molecule has 0 spiro atoms. The van der Waals surface area contributed by atoms with Crippen LogP contribution < -0.4 is 15.5 Å². The van der Waals surface area contributed by atoms with Crippen LogP contribution in [0.25, 0.3) is 0 Å². The average Bonchev–Trinajstić information content (AvgIpc) is 2.61. The minimum Gasteiger partial charge on any atom is -0.365 e. The normalized spacial score (nSPS) is 25.4. The smallest absolute Gasteiger partial charge is 0.293 e. The first-order valence-corrected chi connectivity index (χ1v) is 9.49. The Labute approximate surface area is 166 Å². The maximum absolute atomic E-state index is 12.5. The molecule has 2 heterocycles. The van der Waals surface area contributed by atoms with E-state index in [0.29, 0.717) is 23.1 Å². The van der Waals surface area contributed by atoms with E-state index in [0.717, 1.165) is 45.4 Å². The average molecular weight is 397 g/mol. The molecule has 0 bridgehead atoms. The van der Waals surface area contributed by atoms with Crippen molar-refractivity contribution in [2.45, 2.75) is 39.2 Å². The van der Waals surface area contributed by atoms with Crippen LogP contribution in [0.1, 0.15) is 43.5 Å². The molecule has 2 fully saturated rings. The minimum absolute atomic E-state index is 0. The van der Waals surface area contributed by atoms with Crippen LogP contribution in [0.4, 0.5) is 11.4 Å². The van der Waals surface area contributed by atoms with Crippen LogP contribution in [0.15, 0.2) is 18.2 Å². The first kappa shape index (κ1) is 21.4.